The Labute approximate surface area is 144 Å². The van der Waals surface area contributed by atoms with E-state index in [-0.39, 0.29) is 5.91 Å². The SMILES string of the molecule is COCc1nnc(NC(=O)c2c(C)nc3c(Br)cc(C)cn23)s1. The van der Waals surface area contributed by atoms with Crippen LogP contribution in [0.4, 0.5) is 5.13 Å². The molecule has 0 aliphatic carbocycles. The lowest BCUT2D eigenvalue weighted by atomic mass is 10.3. The fraction of sp³-hybridized carbons (Fsp3) is 0.286. The van der Waals surface area contributed by atoms with Crippen LogP contribution in [0.5, 0.6) is 0 Å². The quantitative estimate of drug-likeness (QED) is 0.734. The number of carbonyl (C=O) groups is 1. The number of aryl methyl sites for hydroxylation is 2. The highest BCUT2D eigenvalue weighted by molar-refractivity contribution is 9.10. The number of rotatable bonds is 4. The van der Waals surface area contributed by atoms with Crippen LogP contribution in [0, 0.1) is 13.8 Å². The third-order valence-corrected chi connectivity index (χ3v) is 4.55. The molecule has 0 saturated carbocycles. The molecular weight excluding hydrogens is 382 g/mol. The molecule has 1 amide bonds. The van der Waals surface area contributed by atoms with Crippen molar-refractivity contribution >= 4 is 44.0 Å². The van der Waals surface area contributed by atoms with Crippen LogP contribution in [-0.4, -0.2) is 32.6 Å². The molecule has 0 atom stereocenters. The zero-order valence-corrected chi connectivity index (χ0v) is 15.2. The number of pyridine rings is 1. The zero-order valence-electron chi connectivity index (χ0n) is 12.8. The third-order valence-electron chi connectivity index (χ3n) is 3.16. The molecule has 1 N–H and O–H groups in total. The van der Waals surface area contributed by atoms with Crippen molar-refractivity contribution in [2.75, 3.05) is 12.4 Å². The monoisotopic (exact) mass is 395 g/mol. The van der Waals surface area contributed by atoms with Crippen LogP contribution in [0.1, 0.15) is 26.8 Å². The van der Waals surface area contributed by atoms with E-state index in [2.05, 4.69) is 36.4 Å². The molecular formula is C14H14BrN5O2S. The Balaban J connectivity index is 1.95. The maximum absolute atomic E-state index is 12.6. The van der Waals surface area contributed by atoms with E-state index in [1.54, 1.807) is 18.4 Å². The Bertz CT molecular complexity index is 889. The van der Waals surface area contributed by atoms with Crippen molar-refractivity contribution in [3.63, 3.8) is 0 Å². The number of imidazole rings is 1. The van der Waals surface area contributed by atoms with Gasteiger partial charge < -0.3 is 4.74 Å². The van der Waals surface area contributed by atoms with Crippen molar-refractivity contribution in [1.29, 1.82) is 0 Å². The Kier molecular flexibility index (Phi) is 4.42. The summed E-state index contributed by atoms with van der Waals surface area (Å²) in [5, 5.41) is 11.8. The van der Waals surface area contributed by atoms with Crippen molar-refractivity contribution in [1.82, 2.24) is 19.6 Å². The van der Waals surface area contributed by atoms with E-state index >= 15 is 0 Å². The van der Waals surface area contributed by atoms with E-state index in [4.69, 9.17) is 4.74 Å². The van der Waals surface area contributed by atoms with Crippen LogP contribution in [-0.2, 0) is 11.3 Å². The summed E-state index contributed by atoms with van der Waals surface area (Å²) in [5.74, 6) is -0.271. The second-order valence-corrected chi connectivity index (χ2v) is 6.91. The number of aromatic nitrogens is 4. The van der Waals surface area contributed by atoms with Crippen LogP contribution in [0.2, 0.25) is 0 Å². The van der Waals surface area contributed by atoms with Crippen LogP contribution in [0.3, 0.4) is 0 Å². The summed E-state index contributed by atoms with van der Waals surface area (Å²) in [4.78, 5) is 17.1. The van der Waals surface area contributed by atoms with E-state index in [9.17, 15) is 4.79 Å². The first kappa shape index (κ1) is 16.0. The van der Waals surface area contributed by atoms with Gasteiger partial charge in [-0.1, -0.05) is 11.3 Å². The molecule has 9 heteroatoms. The molecule has 120 valence electrons. The number of anilines is 1. The highest BCUT2D eigenvalue weighted by Crippen LogP contribution is 2.23. The van der Waals surface area contributed by atoms with Gasteiger partial charge in [0.25, 0.3) is 5.91 Å². The molecule has 3 aromatic rings. The van der Waals surface area contributed by atoms with Crippen LogP contribution in [0.25, 0.3) is 5.65 Å². The van der Waals surface area contributed by atoms with Gasteiger partial charge in [-0.15, -0.1) is 10.2 Å². The van der Waals surface area contributed by atoms with E-state index in [0.717, 1.165) is 10.0 Å². The summed E-state index contributed by atoms with van der Waals surface area (Å²) in [6, 6.07) is 1.96. The topological polar surface area (TPSA) is 81.4 Å². The third kappa shape index (κ3) is 3.12. The van der Waals surface area contributed by atoms with E-state index in [1.807, 2.05) is 19.2 Å². The number of fused-ring (bicyclic) bond motifs is 1. The summed E-state index contributed by atoms with van der Waals surface area (Å²) >= 11 is 4.77. The molecule has 3 aromatic heterocycles. The summed E-state index contributed by atoms with van der Waals surface area (Å²) in [5.41, 5.74) is 2.85. The second-order valence-electron chi connectivity index (χ2n) is 4.99. The molecule has 0 fully saturated rings. The summed E-state index contributed by atoms with van der Waals surface area (Å²) in [6.07, 6.45) is 1.88. The largest absolute Gasteiger partial charge is 0.377 e. The Hall–Kier alpha value is -1.84. The number of amides is 1. The van der Waals surface area contributed by atoms with Gasteiger partial charge in [-0.2, -0.15) is 0 Å². The lowest BCUT2D eigenvalue weighted by Gasteiger charge is -2.04. The minimum Gasteiger partial charge on any atom is -0.377 e. The Morgan fingerprint density at radius 3 is 2.96 bits per heavy atom. The van der Waals surface area contributed by atoms with Gasteiger partial charge in [0.1, 0.15) is 17.3 Å². The average Bonchev–Trinajstić information content (AvgIpc) is 3.03. The van der Waals surface area contributed by atoms with Crippen LogP contribution >= 0.6 is 27.3 Å². The highest BCUT2D eigenvalue weighted by atomic mass is 79.9. The van der Waals surface area contributed by atoms with Gasteiger partial charge in [0.15, 0.2) is 5.65 Å². The predicted molar refractivity (Wildman–Crippen MR) is 90.9 cm³/mol. The molecule has 0 radical (unpaired) electrons. The van der Waals surface area contributed by atoms with E-state index < -0.39 is 0 Å². The summed E-state index contributed by atoms with van der Waals surface area (Å²) in [7, 11) is 1.58. The number of methoxy groups -OCH3 is 1. The number of nitrogens with one attached hydrogen (secondary N) is 1. The number of halogens is 1. The van der Waals surface area contributed by atoms with Gasteiger partial charge in [0.05, 0.1) is 10.2 Å². The molecule has 0 spiro atoms. The Morgan fingerprint density at radius 2 is 2.22 bits per heavy atom. The van der Waals surface area contributed by atoms with Gasteiger partial charge in [0.2, 0.25) is 5.13 Å². The summed E-state index contributed by atoms with van der Waals surface area (Å²) < 4.78 is 7.62. The first-order valence-corrected chi connectivity index (χ1v) is 8.38. The zero-order chi connectivity index (χ0) is 16.6. The number of nitrogens with zero attached hydrogens (tertiary/aromatic N) is 4. The first-order chi connectivity index (χ1) is 11.0. The fourth-order valence-electron chi connectivity index (χ4n) is 2.26. The van der Waals surface area contributed by atoms with Crippen molar-refractivity contribution in [2.24, 2.45) is 0 Å². The van der Waals surface area contributed by atoms with Gasteiger partial charge in [-0.25, -0.2) is 4.98 Å². The van der Waals surface area contributed by atoms with Gasteiger partial charge in [0, 0.05) is 13.3 Å². The molecule has 3 rings (SSSR count). The normalized spacial score (nSPS) is 11.1. The van der Waals surface area contributed by atoms with Gasteiger partial charge in [-0.3, -0.25) is 14.5 Å². The molecule has 0 bridgehead atoms. The molecule has 23 heavy (non-hydrogen) atoms. The maximum atomic E-state index is 12.6. The predicted octanol–water partition coefficient (Wildman–Crippen LogP) is 2.96. The van der Waals surface area contributed by atoms with E-state index in [1.165, 1.54) is 11.3 Å². The average molecular weight is 396 g/mol. The van der Waals surface area contributed by atoms with Gasteiger partial charge >= 0.3 is 0 Å². The smallest absolute Gasteiger partial charge is 0.276 e. The minimum atomic E-state index is -0.271. The molecule has 3 heterocycles. The molecule has 0 aromatic carbocycles. The molecule has 0 unspecified atom stereocenters. The number of hydrogen-bond acceptors (Lipinski definition) is 6. The second kappa shape index (κ2) is 6.34. The lowest BCUT2D eigenvalue weighted by Crippen LogP contribution is -2.15. The molecule has 0 aliphatic rings. The summed E-state index contributed by atoms with van der Waals surface area (Å²) in [6.45, 7) is 4.14. The fourth-order valence-corrected chi connectivity index (χ4v) is 3.61. The highest BCUT2D eigenvalue weighted by Gasteiger charge is 2.19. The molecule has 7 nitrogen and oxygen atoms in total. The standard InChI is InChI=1S/C14H14BrN5O2S/c1-7-4-9(15)12-16-8(2)11(20(12)5-7)13(21)17-14-19-18-10(23-14)6-22-3/h4-5H,6H2,1-3H3,(H,17,19,21). The van der Waals surface area contributed by atoms with Crippen LogP contribution in [0.15, 0.2) is 16.7 Å². The van der Waals surface area contributed by atoms with Crippen LogP contribution < -0.4 is 5.32 Å². The minimum absolute atomic E-state index is 0.271. The van der Waals surface area contributed by atoms with Crippen molar-refractivity contribution in [3.05, 3.63) is 38.7 Å². The lowest BCUT2D eigenvalue weighted by molar-refractivity contribution is 0.102. The Morgan fingerprint density at radius 1 is 1.43 bits per heavy atom. The van der Waals surface area contributed by atoms with Gasteiger partial charge in [-0.05, 0) is 41.4 Å². The van der Waals surface area contributed by atoms with Crippen molar-refractivity contribution in [3.8, 4) is 0 Å². The van der Waals surface area contributed by atoms with Crippen molar-refractivity contribution < 1.29 is 9.53 Å². The van der Waals surface area contributed by atoms with Crippen molar-refractivity contribution in [2.45, 2.75) is 20.5 Å². The maximum Gasteiger partial charge on any atom is 0.276 e. The molecule has 0 saturated heterocycles. The number of carbonyl (C=O) groups excluding carboxylic acids is 1. The first-order valence-electron chi connectivity index (χ1n) is 6.77. The molecule has 0 aliphatic heterocycles. The van der Waals surface area contributed by atoms with E-state index in [0.29, 0.717) is 33.8 Å². The number of hydrogen-bond donors (Lipinski definition) is 1. The number of ether oxygens (including phenoxy) is 1.